The number of rotatable bonds is 3. The Kier molecular flexibility index (Phi) is 3.08. The third-order valence-electron chi connectivity index (χ3n) is 2.82. The second kappa shape index (κ2) is 5.04. The quantitative estimate of drug-likeness (QED) is 0.902. The molecule has 0 spiro atoms. The molecule has 2 aromatic rings. The molecule has 2 heterocycles. The molecule has 3 rings (SSSR count). The van der Waals surface area contributed by atoms with Crippen LogP contribution in [0, 0.1) is 0 Å². The van der Waals surface area contributed by atoms with Gasteiger partial charge in [0, 0.05) is 30.3 Å². The van der Waals surface area contributed by atoms with Gasteiger partial charge in [-0.05, 0) is 18.2 Å². The maximum Gasteiger partial charge on any atom is 0.163 e. The lowest BCUT2D eigenvalue weighted by atomic mass is 10.2. The van der Waals surface area contributed by atoms with E-state index in [-0.39, 0.29) is 0 Å². The maximum atomic E-state index is 5.64. The van der Waals surface area contributed by atoms with Crippen LogP contribution in [-0.2, 0) is 6.54 Å². The zero-order valence-electron chi connectivity index (χ0n) is 10.0. The average molecular weight is 245 g/mol. The van der Waals surface area contributed by atoms with Crippen molar-refractivity contribution in [1.29, 1.82) is 0 Å². The van der Waals surface area contributed by atoms with E-state index in [0.717, 1.165) is 42.3 Å². The summed E-state index contributed by atoms with van der Waals surface area (Å²) in [7, 11) is 0. The molecule has 1 aliphatic rings. The van der Waals surface area contributed by atoms with Crippen molar-refractivity contribution < 1.29 is 13.9 Å². The highest BCUT2D eigenvalue weighted by Gasteiger charge is 2.10. The molecule has 0 saturated carbocycles. The number of anilines is 1. The average Bonchev–Trinajstić information content (AvgIpc) is 2.80. The summed E-state index contributed by atoms with van der Waals surface area (Å²) >= 11 is 0. The van der Waals surface area contributed by atoms with E-state index in [4.69, 9.17) is 13.9 Å². The summed E-state index contributed by atoms with van der Waals surface area (Å²) in [4.78, 5) is 0. The first kappa shape index (κ1) is 11.0. The van der Waals surface area contributed by atoms with Gasteiger partial charge in [-0.3, -0.25) is 0 Å². The largest absolute Gasteiger partial charge is 0.490 e. The molecule has 94 valence electrons. The minimum Gasteiger partial charge on any atom is -0.490 e. The van der Waals surface area contributed by atoms with Crippen LogP contribution in [0.2, 0.25) is 0 Å². The molecular formula is C14H15NO3. The van der Waals surface area contributed by atoms with Crippen LogP contribution < -0.4 is 14.8 Å². The summed E-state index contributed by atoms with van der Waals surface area (Å²) < 4.78 is 16.3. The van der Waals surface area contributed by atoms with E-state index in [0.29, 0.717) is 6.61 Å². The molecule has 1 aromatic heterocycles. The first-order valence-electron chi connectivity index (χ1n) is 6.06. The molecule has 0 unspecified atom stereocenters. The molecule has 18 heavy (non-hydrogen) atoms. The Bertz CT molecular complexity index is 508. The SMILES string of the molecule is c1cc(CNc2ccc3c(c2)OCCCO3)co1. The highest BCUT2D eigenvalue weighted by Crippen LogP contribution is 2.32. The van der Waals surface area contributed by atoms with Gasteiger partial charge in [0.15, 0.2) is 11.5 Å². The van der Waals surface area contributed by atoms with Gasteiger partial charge in [0.05, 0.1) is 25.7 Å². The topological polar surface area (TPSA) is 43.6 Å². The summed E-state index contributed by atoms with van der Waals surface area (Å²) in [6.07, 6.45) is 4.33. The van der Waals surface area contributed by atoms with Crippen LogP contribution in [0.3, 0.4) is 0 Å². The Balaban J connectivity index is 1.71. The molecule has 0 bridgehead atoms. The summed E-state index contributed by atoms with van der Waals surface area (Å²) in [5.41, 5.74) is 2.13. The third-order valence-corrected chi connectivity index (χ3v) is 2.82. The van der Waals surface area contributed by atoms with Crippen LogP contribution in [0.1, 0.15) is 12.0 Å². The van der Waals surface area contributed by atoms with Gasteiger partial charge in [-0.25, -0.2) is 0 Å². The maximum absolute atomic E-state index is 5.64. The molecule has 0 amide bonds. The van der Waals surface area contributed by atoms with E-state index >= 15 is 0 Å². The summed E-state index contributed by atoms with van der Waals surface area (Å²) in [6, 6.07) is 7.85. The van der Waals surface area contributed by atoms with Crippen molar-refractivity contribution in [2.45, 2.75) is 13.0 Å². The summed E-state index contributed by atoms with van der Waals surface area (Å²) in [6.45, 7) is 2.16. The van der Waals surface area contributed by atoms with E-state index in [1.54, 1.807) is 12.5 Å². The molecule has 4 heteroatoms. The Hall–Kier alpha value is -2.10. The Morgan fingerprint density at radius 3 is 2.78 bits per heavy atom. The van der Waals surface area contributed by atoms with Gasteiger partial charge >= 0.3 is 0 Å². The van der Waals surface area contributed by atoms with Crippen LogP contribution in [0.25, 0.3) is 0 Å². The molecule has 4 nitrogen and oxygen atoms in total. The molecular weight excluding hydrogens is 230 g/mol. The molecule has 0 atom stereocenters. The molecule has 0 radical (unpaired) electrons. The summed E-state index contributed by atoms with van der Waals surface area (Å²) in [5.74, 6) is 1.63. The number of nitrogens with one attached hydrogen (secondary N) is 1. The van der Waals surface area contributed by atoms with E-state index < -0.39 is 0 Å². The minimum absolute atomic E-state index is 0.707. The molecule has 0 saturated heterocycles. The van der Waals surface area contributed by atoms with Crippen LogP contribution in [-0.4, -0.2) is 13.2 Å². The van der Waals surface area contributed by atoms with Gasteiger partial charge in [0.1, 0.15) is 0 Å². The van der Waals surface area contributed by atoms with Crippen molar-refractivity contribution >= 4 is 5.69 Å². The fourth-order valence-corrected chi connectivity index (χ4v) is 1.87. The van der Waals surface area contributed by atoms with Crippen LogP contribution >= 0.6 is 0 Å². The van der Waals surface area contributed by atoms with Gasteiger partial charge in [0.2, 0.25) is 0 Å². The standard InChI is InChI=1S/C14H15NO3/c1-5-17-13-3-2-12(8-14(13)18-6-1)15-9-11-4-7-16-10-11/h2-4,7-8,10,15H,1,5-6,9H2. The zero-order valence-corrected chi connectivity index (χ0v) is 10.0. The van der Waals surface area contributed by atoms with Crippen LogP contribution in [0.5, 0.6) is 11.5 Å². The van der Waals surface area contributed by atoms with Crippen molar-refractivity contribution in [2.24, 2.45) is 0 Å². The Morgan fingerprint density at radius 1 is 1.06 bits per heavy atom. The lowest BCUT2D eigenvalue weighted by molar-refractivity contribution is 0.297. The Morgan fingerprint density at radius 2 is 1.94 bits per heavy atom. The second-order valence-electron chi connectivity index (χ2n) is 4.20. The summed E-state index contributed by atoms with van der Waals surface area (Å²) in [5, 5.41) is 3.32. The first-order valence-corrected chi connectivity index (χ1v) is 6.06. The predicted octanol–water partition coefficient (Wildman–Crippen LogP) is 3.05. The Labute approximate surface area is 106 Å². The lowest BCUT2D eigenvalue weighted by Gasteiger charge is -2.10. The van der Waals surface area contributed by atoms with Crippen molar-refractivity contribution in [3.63, 3.8) is 0 Å². The van der Waals surface area contributed by atoms with Crippen molar-refractivity contribution in [1.82, 2.24) is 0 Å². The molecule has 0 fully saturated rings. The van der Waals surface area contributed by atoms with E-state index in [1.165, 1.54) is 0 Å². The van der Waals surface area contributed by atoms with Crippen LogP contribution in [0.15, 0.2) is 41.2 Å². The number of fused-ring (bicyclic) bond motifs is 1. The highest BCUT2D eigenvalue weighted by atomic mass is 16.5. The lowest BCUT2D eigenvalue weighted by Crippen LogP contribution is -1.99. The zero-order chi connectivity index (χ0) is 12.2. The molecule has 1 N–H and O–H groups in total. The number of benzene rings is 1. The number of hydrogen-bond acceptors (Lipinski definition) is 4. The monoisotopic (exact) mass is 245 g/mol. The van der Waals surface area contributed by atoms with Crippen molar-refractivity contribution in [3.05, 3.63) is 42.4 Å². The highest BCUT2D eigenvalue weighted by molar-refractivity contribution is 5.55. The van der Waals surface area contributed by atoms with Crippen molar-refractivity contribution in [3.8, 4) is 11.5 Å². The van der Waals surface area contributed by atoms with Gasteiger partial charge in [-0.15, -0.1) is 0 Å². The van der Waals surface area contributed by atoms with Crippen molar-refractivity contribution in [2.75, 3.05) is 18.5 Å². The normalized spacial score (nSPS) is 14.0. The minimum atomic E-state index is 0.707. The molecule has 1 aliphatic heterocycles. The molecule has 0 aliphatic carbocycles. The number of ether oxygens (including phenoxy) is 2. The van der Waals surface area contributed by atoms with Crippen LogP contribution in [0.4, 0.5) is 5.69 Å². The predicted molar refractivity (Wildman–Crippen MR) is 68.1 cm³/mol. The number of furan rings is 1. The van der Waals surface area contributed by atoms with Gasteiger partial charge < -0.3 is 19.2 Å². The van der Waals surface area contributed by atoms with E-state index in [1.807, 2.05) is 24.3 Å². The molecule has 1 aromatic carbocycles. The van der Waals surface area contributed by atoms with Gasteiger partial charge in [0.25, 0.3) is 0 Å². The fraction of sp³-hybridized carbons (Fsp3) is 0.286. The third kappa shape index (κ3) is 2.42. The van der Waals surface area contributed by atoms with Gasteiger partial charge in [-0.2, -0.15) is 0 Å². The van der Waals surface area contributed by atoms with Gasteiger partial charge in [-0.1, -0.05) is 0 Å². The first-order chi connectivity index (χ1) is 8.92. The van der Waals surface area contributed by atoms with E-state index in [2.05, 4.69) is 5.32 Å². The smallest absolute Gasteiger partial charge is 0.163 e. The fourth-order valence-electron chi connectivity index (χ4n) is 1.87. The van der Waals surface area contributed by atoms with E-state index in [9.17, 15) is 0 Å². The number of hydrogen-bond donors (Lipinski definition) is 1. The second-order valence-corrected chi connectivity index (χ2v) is 4.20.